The fourth-order valence-electron chi connectivity index (χ4n) is 5.62. The van der Waals surface area contributed by atoms with Gasteiger partial charge < -0.3 is 10.3 Å². The van der Waals surface area contributed by atoms with Crippen LogP contribution >= 0.6 is 11.3 Å². The molecule has 6 heteroatoms. The maximum absolute atomic E-state index is 4.70. The number of H-pyrrole nitrogens is 2. The van der Waals surface area contributed by atoms with E-state index in [-0.39, 0.29) is 0 Å². The molecule has 1 aromatic carbocycles. The highest BCUT2D eigenvalue weighted by Crippen LogP contribution is 2.35. The summed E-state index contributed by atoms with van der Waals surface area (Å²) < 4.78 is 0. The summed E-state index contributed by atoms with van der Waals surface area (Å²) in [6, 6.07) is 13.1. The number of aryl methyl sites for hydroxylation is 1. The fraction of sp³-hybridized carbons (Fsp3) is 0.250. The Bertz CT molecular complexity index is 1580. The van der Waals surface area contributed by atoms with Gasteiger partial charge in [-0.2, -0.15) is 16.4 Å². The normalized spacial score (nSPS) is 14.5. The van der Waals surface area contributed by atoms with Crippen LogP contribution in [0.3, 0.4) is 0 Å². The van der Waals surface area contributed by atoms with E-state index in [0.29, 0.717) is 0 Å². The van der Waals surface area contributed by atoms with Gasteiger partial charge >= 0.3 is 0 Å². The zero-order valence-corrected chi connectivity index (χ0v) is 22.6. The van der Waals surface area contributed by atoms with Crippen molar-refractivity contribution in [2.45, 2.75) is 39.2 Å². The second-order valence-corrected chi connectivity index (χ2v) is 11.0. The van der Waals surface area contributed by atoms with E-state index in [0.717, 1.165) is 69.3 Å². The molecule has 0 aliphatic heterocycles. The molecule has 3 N–H and O–H groups in total. The predicted molar refractivity (Wildman–Crippen MR) is 159 cm³/mol. The smallest absolute Gasteiger partial charge is 0.116 e. The van der Waals surface area contributed by atoms with Crippen molar-refractivity contribution in [1.82, 2.24) is 25.5 Å². The van der Waals surface area contributed by atoms with Crippen LogP contribution in [0.25, 0.3) is 39.0 Å². The molecule has 1 saturated carbocycles. The van der Waals surface area contributed by atoms with Crippen LogP contribution in [0.2, 0.25) is 0 Å². The number of fused-ring (bicyclic) bond motifs is 1. The van der Waals surface area contributed by atoms with Crippen LogP contribution < -0.4 is 5.32 Å². The van der Waals surface area contributed by atoms with Gasteiger partial charge in [0.1, 0.15) is 5.69 Å². The van der Waals surface area contributed by atoms with Crippen molar-refractivity contribution in [3.63, 3.8) is 0 Å². The molecule has 0 saturated heterocycles. The van der Waals surface area contributed by atoms with E-state index < -0.39 is 0 Å². The first-order valence-corrected chi connectivity index (χ1v) is 14.3. The molecule has 1 aliphatic rings. The summed E-state index contributed by atoms with van der Waals surface area (Å²) in [7, 11) is 0. The lowest BCUT2D eigenvalue weighted by Crippen LogP contribution is -2.20. The van der Waals surface area contributed by atoms with Crippen LogP contribution in [0.15, 0.2) is 78.3 Å². The zero-order chi connectivity index (χ0) is 25.9. The summed E-state index contributed by atoms with van der Waals surface area (Å²) in [6.45, 7) is 8.00. The molecule has 0 amide bonds. The maximum atomic E-state index is 4.70. The van der Waals surface area contributed by atoms with Crippen LogP contribution in [0.4, 0.5) is 0 Å². The summed E-state index contributed by atoms with van der Waals surface area (Å²) in [5, 5.41) is 16.9. The minimum atomic E-state index is 0.832. The van der Waals surface area contributed by atoms with E-state index in [1.807, 2.05) is 18.5 Å². The van der Waals surface area contributed by atoms with Gasteiger partial charge in [0, 0.05) is 41.1 Å². The number of allylic oxidation sites excluding steroid dienone is 2. The van der Waals surface area contributed by atoms with Crippen LogP contribution in [0.1, 0.15) is 48.1 Å². The van der Waals surface area contributed by atoms with Gasteiger partial charge in [-0.1, -0.05) is 37.6 Å². The molecule has 4 aromatic heterocycles. The van der Waals surface area contributed by atoms with E-state index in [1.54, 1.807) is 11.3 Å². The number of rotatable bonds is 9. The Morgan fingerprint density at radius 3 is 2.84 bits per heavy atom. The van der Waals surface area contributed by atoms with Crippen molar-refractivity contribution in [2.24, 2.45) is 5.92 Å². The van der Waals surface area contributed by atoms with E-state index in [9.17, 15) is 0 Å². The number of nitrogens with zero attached hydrogens (tertiary/aromatic N) is 2. The second-order valence-electron chi connectivity index (χ2n) is 10.2. The molecule has 4 heterocycles. The Morgan fingerprint density at radius 2 is 2.03 bits per heavy atom. The Balaban J connectivity index is 1.29. The van der Waals surface area contributed by atoms with Crippen LogP contribution in [-0.2, 0) is 6.54 Å². The second kappa shape index (κ2) is 10.9. The SMILES string of the molecule is C=C/C=C(/c1ccsc1)c1cc(-c2n[nH]c3ccc(-c4cncc(CNCC5CCCC5)c4)cc23)[nH]c1C. The Kier molecular flexibility index (Phi) is 7.08. The molecular formula is C32H33N5S. The first-order valence-electron chi connectivity index (χ1n) is 13.4. The number of hydrogen-bond donors (Lipinski definition) is 3. The largest absolute Gasteiger partial charge is 0.357 e. The number of aromatic amines is 2. The lowest BCUT2D eigenvalue weighted by Gasteiger charge is -2.11. The number of nitrogens with one attached hydrogen (secondary N) is 3. The molecule has 192 valence electrons. The highest BCUT2D eigenvalue weighted by molar-refractivity contribution is 7.08. The van der Waals surface area contributed by atoms with Gasteiger partial charge in [0.25, 0.3) is 0 Å². The molecule has 5 aromatic rings. The van der Waals surface area contributed by atoms with E-state index in [1.165, 1.54) is 36.8 Å². The first-order chi connectivity index (χ1) is 18.7. The van der Waals surface area contributed by atoms with E-state index in [4.69, 9.17) is 5.10 Å². The summed E-state index contributed by atoms with van der Waals surface area (Å²) in [4.78, 5) is 8.13. The van der Waals surface area contributed by atoms with Crippen molar-refractivity contribution in [3.05, 3.63) is 101 Å². The maximum Gasteiger partial charge on any atom is 0.116 e. The molecule has 1 aliphatic carbocycles. The fourth-order valence-corrected chi connectivity index (χ4v) is 6.27. The summed E-state index contributed by atoms with van der Waals surface area (Å²) in [5.74, 6) is 0.832. The highest BCUT2D eigenvalue weighted by Gasteiger charge is 2.17. The molecule has 0 atom stereocenters. The van der Waals surface area contributed by atoms with E-state index >= 15 is 0 Å². The number of benzene rings is 1. The lowest BCUT2D eigenvalue weighted by atomic mass is 9.99. The summed E-state index contributed by atoms with van der Waals surface area (Å²) >= 11 is 1.70. The third-order valence-electron chi connectivity index (χ3n) is 7.60. The van der Waals surface area contributed by atoms with Crippen molar-refractivity contribution in [1.29, 1.82) is 0 Å². The Hall–Kier alpha value is -3.74. The molecule has 0 spiro atoms. The number of thiophene rings is 1. The van der Waals surface area contributed by atoms with Crippen molar-refractivity contribution < 1.29 is 0 Å². The van der Waals surface area contributed by atoms with Crippen molar-refractivity contribution in [3.8, 4) is 22.5 Å². The number of hydrogen-bond acceptors (Lipinski definition) is 4. The standard InChI is InChI=1S/C32H33N5S/c1-3-6-27(25-11-12-38-20-25)28-15-31(35-21(28)2)32-29-14-24(9-10-30(29)36-37-32)26-13-23(18-34-19-26)17-33-16-22-7-4-5-8-22/h3,6,9-15,18-20,22,33,35H,1,4-5,7-8,16-17H2,2H3,(H,36,37)/b27-6-. The summed E-state index contributed by atoms with van der Waals surface area (Å²) in [5.41, 5.74) is 11.0. The van der Waals surface area contributed by atoms with Crippen LogP contribution in [-0.4, -0.2) is 26.7 Å². The zero-order valence-electron chi connectivity index (χ0n) is 21.8. The molecule has 0 radical (unpaired) electrons. The van der Waals surface area contributed by atoms with Gasteiger partial charge in [0.05, 0.1) is 11.2 Å². The molecule has 38 heavy (non-hydrogen) atoms. The van der Waals surface area contributed by atoms with Crippen LogP contribution in [0, 0.1) is 12.8 Å². The number of pyridine rings is 1. The van der Waals surface area contributed by atoms with Gasteiger partial charge in [-0.15, -0.1) is 0 Å². The predicted octanol–water partition coefficient (Wildman–Crippen LogP) is 7.89. The van der Waals surface area contributed by atoms with Crippen molar-refractivity contribution in [2.75, 3.05) is 6.54 Å². The molecule has 1 fully saturated rings. The minimum Gasteiger partial charge on any atom is -0.357 e. The average molecular weight is 520 g/mol. The van der Waals surface area contributed by atoms with Crippen LogP contribution in [0.5, 0.6) is 0 Å². The van der Waals surface area contributed by atoms with E-state index in [2.05, 4.69) is 87.1 Å². The average Bonchev–Trinajstić information content (AvgIpc) is 3.75. The Labute approximate surface area is 227 Å². The van der Waals surface area contributed by atoms with Gasteiger partial charge in [0.2, 0.25) is 0 Å². The van der Waals surface area contributed by atoms with Gasteiger partial charge in [-0.3, -0.25) is 10.1 Å². The molecule has 5 nitrogen and oxygen atoms in total. The molecule has 6 rings (SSSR count). The van der Waals surface area contributed by atoms with Gasteiger partial charge in [0.15, 0.2) is 0 Å². The molecule has 0 bridgehead atoms. The Morgan fingerprint density at radius 1 is 1.13 bits per heavy atom. The lowest BCUT2D eigenvalue weighted by molar-refractivity contribution is 0.489. The quantitative estimate of drug-likeness (QED) is 0.173. The van der Waals surface area contributed by atoms with Crippen molar-refractivity contribution >= 4 is 27.8 Å². The third kappa shape index (κ3) is 5.02. The van der Waals surface area contributed by atoms with Gasteiger partial charge in [-0.25, -0.2) is 0 Å². The molecule has 0 unspecified atom stereocenters. The third-order valence-corrected chi connectivity index (χ3v) is 8.29. The topological polar surface area (TPSA) is 69.4 Å². The minimum absolute atomic E-state index is 0.832. The molecular weight excluding hydrogens is 486 g/mol. The highest BCUT2D eigenvalue weighted by atomic mass is 32.1. The summed E-state index contributed by atoms with van der Waals surface area (Å²) in [6.07, 6.45) is 13.3. The number of aromatic nitrogens is 4. The monoisotopic (exact) mass is 519 g/mol. The van der Waals surface area contributed by atoms with Gasteiger partial charge in [-0.05, 0) is 95.6 Å². The first kappa shape index (κ1) is 24.6.